The predicted octanol–water partition coefficient (Wildman–Crippen LogP) is 2.18. The molecule has 0 radical (unpaired) electrons. The van der Waals surface area contributed by atoms with Crippen molar-refractivity contribution < 1.29 is 19.1 Å². The van der Waals surface area contributed by atoms with Crippen LogP contribution in [-0.4, -0.2) is 47.1 Å². The van der Waals surface area contributed by atoms with E-state index in [-0.39, 0.29) is 18.0 Å². The van der Waals surface area contributed by atoms with Gasteiger partial charge in [0.15, 0.2) is 0 Å². The first-order valence-corrected chi connectivity index (χ1v) is 9.40. The summed E-state index contributed by atoms with van der Waals surface area (Å²) in [5.41, 5.74) is -0.459. The Balaban J connectivity index is 1.71. The van der Waals surface area contributed by atoms with E-state index in [4.69, 9.17) is 9.47 Å². The van der Waals surface area contributed by atoms with Gasteiger partial charge in [0, 0.05) is 23.6 Å². The van der Waals surface area contributed by atoms with Crippen molar-refractivity contribution in [1.82, 2.24) is 10.3 Å². The first-order chi connectivity index (χ1) is 11.6. The number of ether oxygens (including phenoxy) is 2. The van der Waals surface area contributed by atoms with Crippen molar-refractivity contribution in [3.8, 4) is 5.88 Å². The molecule has 1 unspecified atom stereocenters. The van der Waals surface area contributed by atoms with Crippen LogP contribution in [0.2, 0.25) is 0 Å². The highest BCUT2D eigenvalue weighted by Gasteiger charge is 2.43. The SMILES string of the molecule is COC(=O)C1(NC(=O)c2ccnc(OC3CCSC3)c2)CCCC1. The minimum absolute atomic E-state index is 0.150. The Morgan fingerprint density at radius 1 is 1.38 bits per heavy atom. The molecular formula is C17H22N2O4S. The molecule has 2 aliphatic rings. The minimum Gasteiger partial charge on any atom is -0.473 e. The maximum Gasteiger partial charge on any atom is 0.331 e. The maximum atomic E-state index is 12.6. The highest BCUT2D eigenvalue weighted by molar-refractivity contribution is 7.99. The minimum atomic E-state index is -0.905. The Bertz CT molecular complexity index is 610. The lowest BCUT2D eigenvalue weighted by molar-refractivity contribution is -0.148. The zero-order chi connectivity index (χ0) is 17.0. The molecule has 24 heavy (non-hydrogen) atoms. The highest BCUT2D eigenvalue weighted by atomic mass is 32.2. The number of aromatic nitrogens is 1. The third kappa shape index (κ3) is 3.66. The van der Waals surface area contributed by atoms with Gasteiger partial charge in [-0.1, -0.05) is 12.8 Å². The average molecular weight is 350 g/mol. The lowest BCUT2D eigenvalue weighted by Crippen LogP contribution is -2.53. The van der Waals surface area contributed by atoms with Crippen LogP contribution in [0.3, 0.4) is 0 Å². The summed E-state index contributed by atoms with van der Waals surface area (Å²) in [6, 6.07) is 3.27. The molecule has 130 valence electrons. The summed E-state index contributed by atoms with van der Waals surface area (Å²) in [7, 11) is 1.35. The summed E-state index contributed by atoms with van der Waals surface area (Å²) < 4.78 is 10.7. The Hall–Kier alpha value is -1.76. The summed E-state index contributed by atoms with van der Waals surface area (Å²) in [4.78, 5) is 28.9. The molecule has 1 aliphatic heterocycles. The van der Waals surface area contributed by atoms with Gasteiger partial charge in [-0.05, 0) is 31.1 Å². The lowest BCUT2D eigenvalue weighted by Gasteiger charge is -2.27. The number of hydrogen-bond acceptors (Lipinski definition) is 6. The molecule has 1 saturated heterocycles. The molecule has 0 aromatic carbocycles. The molecule has 1 atom stereocenters. The van der Waals surface area contributed by atoms with Gasteiger partial charge >= 0.3 is 5.97 Å². The Morgan fingerprint density at radius 2 is 2.17 bits per heavy atom. The van der Waals surface area contributed by atoms with Gasteiger partial charge in [0.1, 0.15) is 11.6 Å². The van der Waals surface area contributed by atoms with Gasteiger partial charge in [0.25, 0.3) is 5.91 Å². The molecule has 7 heteroatoms. The van der Waals surface area contributed by atoms with E-state index in [0.717, 1.165) is 30.8 Å². The van der Waals surface area contributed by atoms with E-state index in [1.54, 1.807) is 18.3 Å². The van der Waals surface area contributed by atoms with Crippen LogP contribution in [-0.2, 0) is 9.53 Å². The van der Waals surface area contributed by atoms with Crippen LogP contribution in [0.1, 0.15) is 42.5 Å². The van der Waals surface area contributed by atoms with E-state index in [9.17, 15) is 9.59 Å². The number of pyridine rings is 1. The molecule has 6 nitrogen and oxygen atoms in total. The van der Waals surface area contributed by atoms with Gasteiger partial charge in [-0.2, -0.15) is 11.8 Å². The smallest absolute Gasteiger partial charge is 0.331 e. The Labute approximate surface area is 145 Å². The van der Waals surface area contributed by atoms with Crippen molar-refractivity contribution in [2.24, 2.45) is 0 Å². The molecule has 1 aliphatic carbocycles. The number of carbonyl (C=O) groups excluding carboxylic acids is 2. The first kappa shape index (κ1) is 17.1. The first-order valence-electron chi connectivity index (χ1n) is 8.24. The number of nitrogens with one attached hydrogen (secondary N) is 1. The van der Waals surface area contributed by atoms with Crippen molar-refractivity contribution in [1.29, 1.82) is 0 Å². The molecule has 1 saturated carbocycles. The molecule has 0 spiro atoms. The number of thioether (sulfide) groups is 1. The van der Waals surface area contributed by atoms with Crippen molar-refractivity contribution in [3.63, 3.8) is 0 Å². The van der Waals surface area contributed by atoms with Crippen molar-refractivity contribution in [2.45, 2.75) is 43.7 Å². The predicted molar refractivity (Wildman–Crippen MR) is 91.3 cm³/mol. The fourth-order valence-electron chi connectivity index (χ4n) is 3.24. The summed E-state index contributed by atoms with van der Waals surface area (Å²) in [6.07, 6.45) is 5.73. The molecule has 0 bridgehead atoms. The number of esters is 1. The lowest BCUT2D eigenvalue weighted by atomic mass is 9.97. The summed E-state index contributed by atoms with van der Waals surface area (Å²) >= 11 is 1.85. The zero-order valence-corrected chi connectivity index (χ0v) is 14.6. The van der Waals surface area contributed by atoms with E-state index in [2.05, 4.69) is 10.3 Å². The van der Waals surface area contributed by atoms with Gasteiger partial charge in [-0.15, -0.1) is 0 Å². The van der Waals surface area contributed by atoms with Crippen LogP contribution in [0.25, 0.3) is 0 Å². The van der Waals surface area contributed by atoms with Gasteiger partial charge in [-0.3, -0.25) is 4.79 Å². The number of nitrogens with zero attached hydrogens (tertiary/aromatic N) is 1. The van der Waals surface area contributed by atoms with Crippen molar-refractivity contribution in [2.75, 3.05) is 18.6 Å². The second kappa shape index (κ2) is 7.42. The topological polar surface area (TPSA) is 77.5 Å². The molecule has 1 aromatic heterocycles. The standard InChI is InChI=1S/C17H22N2O4S/c1-22-16(21)17(6-2-3-7-17)19-15(20)12-4-8-18-14(10-12)23-13-5-9-24-11-13/h4,8,10,13H,2-3,5-7,9,11H2,1H3,(H,19,20). The molecule has 3 rings (SSSR count). The molecule has 1 amide bonds. The van der Waals surface area contributed by atoms with Gasteiger partial charge in [-0.25, -0.2) is 9.78 Å². The number of hydrogen-bond donors (Lipinski definition) is 1. The second-order valence-corrected chi connectivity index (χ2v) is 7.37. The van der Waals surface area contributed by atoms with E-state index >= 15 is 0 Å². The molecule has 1 aromatic rings. The van der Waals surface area contributed by atoms with Crippen molar-refractivity contribution >= 4 is 23.6 Å². The molecule has 2 fully saturated rings. The fraction of sp³-hybridized carbons (Fsp3) is 0.588. The summed E-state index contributed by atoms with van der Waals surface area (Å²) in [6.45, 7) is 0. The van der Waals surface area contributed by atoms with Crippen LogP contribution < -0.4 is 10.1 Å². The van der Waals surface area contributed by atoms with Crippen LogP contribution in [0.4, 0.5) is 0 Å². The fourth-order valence-corrected chi connectivity index (χ4v) is 4.33. The van der Waals surface area contributed by atoms with Crippen LogP contribution >= 0.6 is 11.8 Å². The van der Waals surface area contributed by atoms with Crippen LogP contribution in [0.5, 0.6) is 5.88 Å². The van der Waals surface area contributed by atoms with Crippen molar-refractivity contribution in [3.05, 3.63) is 23.9 Å². The largest absolute Gasteiger partial charge is 0.473 e. The van der Waals surface area contributed by atoms with E-state index in [0.29, 0.717) is 24.3 Å². The van der Waals surface area contributed by atoms with Gasteiger partial charge < -0.3 is 14.8 Å². The molecular weight excluding hydrogens is 328 g/mol. The number of carbonyl (C=O) groups is 2. The van der Waals surface area contributed by atoms with E-state index in [1.165, 1.54) is 7.11 Å². The third-order valence-electron chi connectivity index (χ3n) is 4.56. The second-order valence-electron chi connectivity index (χ2n) is 6.22. The number of rotatable bonds is 5. The van der Waals surface area contributed by atoms with Gasteiger partial charge in [0.05, 0.1) is 7.11 Å². The summed E-state index contributed by atoms with van der Waals surface area (Å²) in [5, 5.41) is 2.88. The Morgan fingerprint density at radius 3 is 2.83 bits per heavy atom. The maximum absolute atomic E-state index is 12.6. The normalized spacial score (nSPS) is 22.1. The highest BCUT2D eigenvalue weighted by Crippen LogP contribution is 2.31. The van der Waals surface area contributed by atoms with E-state index < -0.39 is 5.54 Å². The Kier molecular flexibility index (Phi) is 5.28. The number of amides is 1. The zero-order valence-electron chi connectivity index (χ0n) is 13.7. The average Bonchev–Trinajstić information content (AvgIpc) is 3.27. The monoisotopic (exact) mass is 350 g/mol. The van der Waals surface area contributed by atoms with E-state index in [1.807, 2.05) is 11.8 Å². The molecule has 2 heterocycles. The number of methoxy groups -OCH3 is 1. The quantitative estimate of drug-likeness (QED) is 0.820. The summed E-state index contributed by atoms with van der Waals surface area (Å²) in [5.74, 6) is 1.82. The van der Waals surface area contributed by atoms with Gasteiger partial charge in [0.2, 0.25) is 5.88 Å². The molecule has 1 N–H and O–H groups in total. The third-order valence-corrected chi connectivity index (χ3v) is 5.69. The van der Waals surface area contributed by atoms with Crippen LogP contribution in [0.15, 0.2) is 18.3 Å². The van der Waals surface area contributed by atoms with Crippen LogP contribution in [0, 0.1) is 0 Å².